The Bertz CT molecular complexity index is 666. The van der Waals surface area contributed by atoms with Crippen LogP contribution in [0.4, 0.5) is 0 Å². The van der Waals surface area contributed by atoms with E-state index >= 15 is 0 Å². The number of nitrogens with zero attached hydrogens (tertiary/aromatic N) is 3. The highest BCUT2D eigenvalue weighted by Crippen LogP contribution is 2.18. The number of rotatable bonds is 8. The number of likely N-dealkylation sites (N-methyl/N-ethyl adjacent to an activating group) is 1. The van der Waals surface area contributed by atoms with Crippen LogP contribution in [0, 0.1) is 5.92 Å². The molecule has 29 heavy (non-hydrogen) atoms. The third-order valence-electron chi connectivity index (χ3n) is 4.77. The molecule has 2 rings (SSSR count). The molecule has 1 heterocycles. The summed E-state index contributed by atoms with van der Waals surface area (Å²) in [6.07, 6.45) is 0.934. The number of benzene rings is 1. The topological polar surface area (TPSA) is 69.2 Å². The van der Waals surface area contributed by atoms with Gasteiger partial charge in [-0.05, 0) is 26.6 Å². The predicted molar refractivity (Wildman–Crippen MR) is 129 cm³/mol. The number of ether oxygens (including phenoxy) is 1. The monoisotopic (exact) mass is 517 g/mol. The molecule has 164 valence electrons. The second kappa shape index (κ2) is 12.9. The van der Waals surface area contributed by atoms with Gasteiger partial charge >= 0.3 is 0 Å². The molecule has 1 unspecified atom stereocenters. The minimum absolute atomic E-state index is 0. The highest BCUT2D eigenvalue weighted by atomic mass is 127. The summed E-state index contributed by atoms with van der Waals surface area (Å²) in [5.74, 6) is 1.89. The van der Waals surface area contributed by atoms with Gasteiger partial charge in [-0.1, -0.05) is 32.0 Å². The molecule has 0 saturated carbocycles. The zero-order chi connectivity index (χ0) is 20.5. The molecule has 1 aromatic rings. The molecule has 1 aliphatic heterocycles. The lowest BCUT2D eigenvalue weighted by Gasteiger charge is -2.21. The molecule has 2 N–H and O–H groups in total. The number of aliphatic imine (C=N–C) groups is 1. The highest BCUT2D eigenvalue weighted by Gasteiger charge is 2.27. The number of hydrogen-bond acceptors (Lipinski definition) is 4. The number of para-hydroxylation sites is 1. The summed E-state index contributed by atoms with van der Waals surface area (Å²) in [6.45, 7) is 7.57. The van der Waals surface area contributed by atoms with E-state index in [1.165, 1.54) is 0 Å². The van der Waals surface area contributed by atoms with E-state index in [4.69, 9.17) is 4.74 Å². The first kappa shape index (κ1) is 25.5. The third kappa shape index (κ3) is 8.38. The van der Waals surface area contributed by atoms with Crippen LogP contribution in [0.3, 0.4) is 0 Å². The number of guanidine groups is 1. The molecule has 1 atom stereocenters. The van der Waals surface area contributed by atoms with E-state index in [-0.39, 0.29) is 41.8 Å². The number of carbonyl (C=O) groups is 1. The van der Waals surface area contributed by atoms with E-state index in [0.717, 1.165) is 43.3 Å². The number of halogens is 1. The van der Waals surface area contributed by atoms with Gasteiger partial charge in [0.05, 0.1) is 0 Å². The average Bonchev–Trinajstić information content (AvgIpc) is 3.13. The number of amides is 1. The molecule has 1 fully saturated rings. The number of likely N-dealkylation sites (tertiary alicyclic amines) is 1. The molecular formula is C21H36IN5O2. The SMILES string of the molecule is CN=C(NCc1ccccc1OCCN(C)C)NC1CCN(C(=O)C(C)C)C1.I. The second-order valence-electron chi connectivity index (χ2n) is 7.75. The minimum Gasteiger partial charge on any atom is -0.492 e. The van der Waals surface area contributed by atoms with Gasteiger partial charge < -0.3 is 25.2 Å². The van der Waals surface area contributed by atoms with E-state index in [1.54, 1.807) is 7.05 Å². The normalized spacial score (nSPS) is 16.7. The zero-order valence-corrected chi connectivity index (χ0v) is 20.6. The molecular weight excluding hydrogens is 481 g/mol. The molecule has 0 spiro atoms. The fraction of sp³-hybridized carbons (Fsp3) is 0.619. The van der Waals surface area contributed by atoms with E-state index in [9.17, 15) is 4.79 Å². The van der Waals surface area contributed by atoms with Gasteiger partial charge in [-0.15, -0.1) is 24.0 Å². The lowest BCUT2D eigenvalue weighted by atomic mass is 10.2. The number of hydrogen-bond donors (Lipinski definition) is 2. The van der Waals surface area contributed by atoms with Crippen molar-refractivity contribution in [3.05, 3.63) is 29.8 Å². The van der Waals surface area contributed by atoms with Gasteiger partial charge in [0.1, 0.15) is 12.4 Å². The van der Waals surface area contributed by atoms with Crippen LogP contribution in [-0.4, -0.2) is 75.1 Å². The maximum atomic E-state index is 12.2. The summed E-state index contributed by atoms with van der Waals surface area (Å²) < 4.78 is 5.92. The molecule has 1 amide bonds. The quantitative estimate of drug-likeness (QED) is 0.315. The molecule has 7 nitrogen and oxygen atoms in total. The van der Waals surface area contributed by atoms with Crippen molar-refractivity contribution in [2.45, 2.75) is 32.9 Å². The van der Waals surface area contributed by atoms with Gasteiger partial charge in [-0.2, -0.15) is 0 Å². The molecule has 1 aliphatic rings. The van der Waals surface area contributed by atoms with Crippen molar-refractivity contribution in [1.29, 1.82) is 0 Å². The standard InChI is InChI=1S/C21H35N5O2.HI/c1-16(2)20(27)26-11-10-18(15-26)24-21(22-3)23-14-17-8-6-7-9-19(17)28-13-12-25(4)5;/h6-9,16,18H,10-15H2,1-5H3,(H2,22,23,24);1H. The summed E-state index contributed by atoms with van der Waals surface area (Å²) in [4.78, 5) is 20.5. The summed E-state index contributed by atoms with van der Waals surface area (Å²) in [5, 5.41) is 6.80. The fourth-order valence-corrected chi connectivity index (χ4v) is 3.14. The Balaban J connectivity index is 0.00000420. The van der Waals surface area contributed by atoms with E-state index in [2.05, 4.69) is 26.6 Å². The Hall–Kier alpha value is -1.55. The molecule has 0 aromatic heterocycles. The van der Waals surface area contributed by atoms with Crippen LogP contribution in [0.15, 0.2) is 29.3 Å². The van der Waals surface area contributed by atoms with Crippen molar-refractivity contribution < 1.29 is 9.53 Å². The van der Waals surface area contributed by atoms with Crippen LogP contribution >= 0.6 is 24.0 Å². The molecule has 0 bridgehead atoms. The molecule has 0 radical (unpaired) electrons. The van der Waals surface area contributed by atoms with E-state index in [1.807, 2.05) is 51.0 Å². The smallest absolute Gasteiger partial charge is 0.225 e. The summed E-state index contributed by atoms with van der Waals surface area (Å²) in [7, 11) is 5.83. The van der Waals surface area contributed by atoms with Crippen molar-refractivity contribution in [2.75, 3.05) is 47.4 Å². The van der Waals surface area contributed by atoms with Crippen LogP contribution < -0.4 is 15.4 Å². The number of carbonyl (C=O) groups excluding carboxylic acids is 1. The molecule has 8 heteroatoms. The average molecular weight is 517 g/mol. The van der Waals surface area contributed by atoms with Gasteiger partial charge in [0, 0.05) is 50.7 Å². The minimum atomic E-state index is 0. The fourth-order valence-electron chi connectivity index (χ4n) is 3.14. The van der Waals surface area contributed by atoms with Crippen LogP contribution in [0.5, 0.6) is 5.75 Å². The van der Waals surface area contributed by atoms with E-state index in [0.29, 0.717) is 13.2 Å². The maximum absolute atomic E-state index is 12.2. The van der Waals surface area contributed by atoms with Crippen LogP contribution in [0.2, 0.25) is 0 Å². The van der Waals surface area contributed by atoms with Crippen molar-refractivity contribution >= 4 is 35.8 Å². The Morgan fingerprint density at radius 1 is 1.34 bits per heavy atom. The highest BCUT2D eigenvalue weighted by molar-refractivity contribution is 14.0. The summed E-state index contributed by atoms with van der Waals surface area (Å²) in [6, 6.07) is 8.28. The van der Waals surface area contributed by atoms with Gasteiger partial charge in [-0.25, -0.2) is 0 Å². The molecule has 0 aliphatic carbocycles. The van der Waals surface area contributed by atoms with Gasteiger partial charge in [-0.3, -0.25) is 9.79 Å². The Morgan fingerprint density at radius 2 is 2.07 bits per heavy atom. The summed E-state index contributed by atoms with van der Waals surface area (Å²) >= 11 is 0. The van der Waals surface area contributed by atoms with Crippen molar-refractivity contribution in [3.8, 4) is 5.75 Å². The Kier molecular flexibility index (Phi) is 11.3. The first-order valence-electron chi connectivity index (χ1n) is 10.0. The van der Waals surface area contributed by atoms with Gasteiger partial charge in [0.15, 0.2) is 5.96 Å². The summed E-state index contributed by atoms with van der Waals surface area (Å²) in [5.41, 5.74) is 1.09. The third-order valence-corrected chi connectivity index (χ3v) is 4.77. The first-order valence-corrected chi connectivity index (χ1v) is 10.0. The lowest BCUT2D eigenvalue weighted by molar-refractivity contribution is -0.133. The Morgan fingerprint density at radius 3 is 2.72 bits per heavy atom. The first-order chi connectivity index (χ1) is 13.4. The maximum Gasteiger partial charge on any atom is 0.225 e. The lowest BCUT2D eigenvalue weighted by Crippen LogP contribution is -2.45. The predicted octanol–water partition coefficient (Wildman–Crippen LogP) is 2.17. The van der Waals surface area contributed by atoms with Crippen LogP contribution in [-0.2, 0) is 11.3 Å². The Labute approximate surface area is 192 Å². The van der Waals surface area contributed by atoms with Gasteiger partial charge in [0.25, 0.3) is 0 Å². The van der Waals surface area contributed by atoms with Crippen molar-refractivity contribution in [3.63, 3.8) is 0 Å². The van der Waals surface area contributed by atoms with Gasteiger partial charge in [0.2, 0.25) is 5.91 Å². The molecule has 1 aromatic carbocycles. The van der Waals surface area contributed by atoms with Crippen LogP contribution in [0.1, 0.15) is 25.8 Å². The van der Waals surface area contributed by atoms with Crippen LogP contribution in [0.25, 0.3) is 0 Å². The zero-order valence-electron chi connectivity index (χ0n) is 18.3. The second-order valence-corrected chi connectivity index (χ2v) is 7.75. The molecule has 1 saturated heterocycles. The van der Waals surface area contributed by atoms with E-state index < -0.39 is 0 Å². The van der Waals surface area contributed by atoms with Crippen molar-refractivity contribution in [2.24, 2.45) is 10.9 Å². The van der Waals surface area contributed by atoms with Crippen molar-refractivity contribution in [1.82, 2.24) is 20.4 Å². The largest absolute Gasteiger partial charge is 0.492 e. The number of nitrogens with one attached hydrogen (secondary N) is 2.